The van der Waals surface area contributed by atoms with Gasteiger partial charge in [0.25, 0.3) is 5.91 Å². The summed E-state index contributed by atoms with van der Waals surface area (Å²) < 4.78 is 23.0. The molecule has 0 saturated carbocycles. The molecule has 27 heavy (non-hydrogen) atoms. The third kappa shape index (κ3) is 6.21. The Bertz CT molecular complexity index is 893. The minimum absolute atomic E-state index is 0.143. The molecule has 0 radical (unpaired) electrons. The standard InChI is InChI=1S/C20H24N2O4S/c1-14(21-20(24)17-7-5-4-6-8-17)13-19(23)22-15(2)16-9-11-18(12-10-16)27(3,25)26/h4-12,14-15H,13H2,1-3H3,(H,21,24)(H,22,23). The predicted octanol–water partition coefficient (Wildman–Crippen LogP) is 2.48. The largest absolute Gasteiger partial charge is 0.350 e. The number of nitrogens with one attached hydrogen (secondary N) is 2. The lowest BCUT2D eigenvalue weighted by Gasteiger charge is -2.18. The number of benzene rings is 2. The Labute approximate surface area is 159 Å². The third-order valence-electron chi connectivity index (χ3n) is 4.09. The molecule has 2 aromatic carbocycles. The molecule has 0 spiro atoms. The van der Waals surface area contributed by atoms with Gasteiger partial charge in [-0.05, 0) is 43.7 Å². The SMILES string of the molecule is CC(CC(=O)NC(C)c1ccc(S(C)(=O)=O)cc1)NC(=O)c1ccccc1. The Morgan fingerprint density at radius 2 is 1.52 bits per heavy atom. The Morgan fingerprint density at radius 1 is 0.926 bits per heavy atom. The van der Waals surface area contributed by atoms with Crippen molar-refractivity contribution in [3.05, 3.63) is 65.7 Å². The normalized spacial score (nSPS) is 13.4. The lowest BCUT2D eigenvalue weighted by atomic mass is 10.1. The molecule has 7 heteroatoms. The van der Waals surface area contributed by atoms with Crippen LogP contribution in [0.25, 0.3) is 0 Å². The van der Waals surface area contributed by atoms with E-state index in [4.69, 9.17) is 0 Å². The van der Waals surface area contributed by atoms with E-state index in [-0.39, 0.29) is 35.2 Å². The Morgan fingerprint density at radius 3 is 2.07 bits per heavy atom. The zero-order valence-corrected chi connectivity index (χ0v) is 16.4. The molecule has 0 fully saturated rings. The van der Waals surface area contributed by atoms with E-state index >= 15 is 0 Å². The molecule has 0 aliphatic rings. The van der Waals surface area contributed by atoms with Crippen LogP contribution < -0.4 is 10.6 Å². The van der Waals surface area contributed by atoms with Gasteiger partial charge in [0.2, 0.25) is 5.91 Å². The van der Waals surface area contributed by atoms with Gasteiger partial charge in [0.15, 0.2) is 9.84 Å². The molecule has 2 aromatic rings. The first kappa shape index (κ1) is 20.6. The van der Waals surface area contributed by atoms with Crippen molar-refractivity contribution in [2.75, 3.05) is 6.26 Å². The number of sulfone groups is 1. The van der Waals surface area contributed by atoms with Crippen LogP contribution in [0.1, 0.15) is 42.2 Å². The van der Waals surface area contributed by atoms with Crippen LogP contribution in [-0.4, -0.2) is 32.5 Å². The molecule has 6 nitrogen and oxygen atoms in total. The van der Waals surface area contributed by atoms with Crippen LogP contribution in [0.3, 0.4) is 0 Å². The lowest BCUT2D eigenvalue weighted by Crippen LogP contribution is -2.37. The average molecular weight is 388 g/mol. The third-order valence-corrected chi connectivity index (χ3v) is 5.22. The van der Waals surface area contributed by atoms with Gasteiger partial charge in [-0.25, -0.2) is 8.42 Å². The van der Waals surface area contributed by atoms with Crippen LogP contribution in [0.15, 0.2) is 59.5 Å². The molecular weight excluding hydrogens is 364 g/mol. The summed E-state index contributed by atoms with van der Waals surface area (Å²) in [5.41, 5.74) is 1.35. The van der Waals surface area contributed by atoms with E-state index in [2.05, 4.69) is 10.6 Å². The quantitative estimate of drug-likeness (QED) is 0.762. The second-order valence-electron chi connectivity index (χ2n) is 6.58. The molecule has 2 N–H and O–H groups in total. The maximum atomic E-state index is 12.2. The topological polar surface area (TPSA) is 92.3 Å². The summed E-state index contributed by atoms with van der Waals surface area (Å²) in [6.07, 6.45) is 1.29. The first-order valence-electron chi connectivity index (χ1n) is 8.62. The van der Waals surface area contributed by atoms with Crippen molar-refractivity contribution in [3.63, 3.8) is 0 Å². The van der Waals surface area contributed by atoms with Crippen LogP contribution >= 0.6 is 0 Å². The molecular formula is C20H24N2O4S. The van der Waals surface area contributed by atoms with E-state index in [0.29, 0.717) is 5.56 Å². The Kier molecular flexibility index (Phi) is 6.74. The highest BCUT2D eigenvalue weighted by atomic mass is 32.2. The minimum atomic E-state index is -3.25. The van der Waals surface area contributed by atoms with Gasteiger partial charge < -0.3 is 10.6 Å². The number of rotatable bonds is 7. The smallest absolute Gasteiger partial charge is 0.251 e. The van der Waals surface area contributed by atoms with Crippen LogP contribution in [0.5, 0.6) is 0 Å². The van der Waals surface area contributed by atoms with Gasteiger partial charge in [0.05, 0.1) is 10.9 Å². The Hall–Kier alpha value is -2.67. The molecule has 0 aliphatic heterocycles. The van der Waals surface area contributed by atoms with E-state index in [9.17, 15) is 18.0 Å². The summed E-state index contributed by atoms with van der Waals surface area (Å²) in [6, 6.07) is 14.6. The summed E-state index contributed by atoms with van der Waals surface area (Å²) in [5.74, 6) is -0.420. The summed E-state index contributed by atoms with van der Waals surface area (Å²) >= 11 is 0. The van der Waals surface area contributed by atoms with Gasteiger partial charge >= 0.3 is 0 Å². The van der Waals surface area contributed by atoms with Gasteiger partial charge in [-0.3, -0.25) is 9.59 Å². The molecule has 2 atom stereocenters. The monoisotopic (exact) mass is 388 g/mol. The zero-order valence-electron chi connectivity index (χ0n) is 15.6. The van der Waals surface area contributed by atoms with Crippen molar-refractivity contribution < 1.29 is 18.0 Å². The maximum Gasteiger partial charge on any atom is 0.251 e. The fraction of sp³-hybridized carbons (Fsp3) is 0.300. The second kappa shape index (κ2) is 8.81. The highest BCUT2D eigenvalue weighted by Gasteiger charge is 2.16. The molecule has 2 unspecified atom stereocenters. The van der Waals surface area contributed by atoms with Crippen LogP contribution in [0, 0.1) is 0 Å². The maximum absolute atomic E-state index is 12.2. The van der Waals surface area contributed by atoms with E-state index < -0.39 is 9.84 Å². The molecule has 0 saturated heterocycles. The van der Waals surface area contributed by atoms with Crippen molar-refractivity contribution in [1.82, 2.24) is 10.6 Å². The summed E-state index contributed by atoms with van der Waals surface area (Å²) in [4.78, 5) is 24.6. The van der Waals surface area contributed by atoms with Crippen LogP contribution in [-0.2, 0) is 14.6 Å². The van der Waals surface area contributed by atoms with E-state index in [1.807, 2.05) is 13.0 Å². The van der Waals surface area contributed by atoms with Gasteiger partial charge in [0.1, 0.15) is 0 Å². The molecule has 144 valence electrons. The first-order valence-corrected chi connectivity index (χ1v) is 10.5. The minimum Gasteiger partial charge on any atom is -0.350 e. The molecule has 0 aromatic heterocycles. The van der Waals surface area contributed by atoms with E-state index in [1.165, 1.54) is 12.1 Å². The van der Waals surface area contributed by atoms with Crippen molar-refractivity contribution in [2.45, 2.75) is 37.2 Å². The fourth-order valence-corrected chi connectivity index (χ4v) is 3.24. The van der Waals surface area contributed by atoms with Crippen molar-refractivity contribution in [2.24, 2.45) is 0 Å². The summed E-state index contributed by atoms with van der Waals surface area (Å²) in [6.45, 7) is 3.59. The van der Waals surface area contributed by atoms with Gasteiger partial charge in [-0.2, -0.15) is 0 Å². The number of carbonyl (C=O) groups is 2. The number of hydrogen-bond donors (Lipinski definition) is 2. The van der Waals surface area contributed by atoms with Crippen LogP contribution in [0.2, 0.25) is 0 Å². The van der Waals surface area contributed by atoms with E-state index in [0.717, 1.165) is 11.8 Å². The first-order chi connectivity index (χ1) is 12.7. The van der Waals surface area contributed by atoms with Gasteiger partial charge in [-0.15, -0.1) is 0 Å². The summed E-state index contributed by atoms with van der Waals surface area (Å²) in [5, 5.41) is 5.66. The highest BCUT2D eigenvalue weighted by Crippen LogP contribution is 2.16. The fourth-order valence-electron chi connectivity index (χ4n) is 2.61. The molecule has 0 aliphatic carbocycles. The second-order valence-corrected chi connectivity index (χ2v) is 8.59. The molecule has 0 heterocycles. The number of carbonyl (C=O) groups excluding carboxylic acids is 2. The zero-order chi connectivity index (χ0) is 20.0. The van der Waals surface area contributed by atoms with Crippen molar-refractivity contribution in [1.29, 1.82) is 0 Å². The molecule has 0 bridgehead atoms. The lowest BCUT2D eigenvalue weighted by molar-refractivity contribution is -0.122. The van der Waals surface area contributed by atoms with Crippen molar-refractivity contribution in [3.8, 4) is 0 Å². The average Bonchev–Trinajstić information content (AvgIpc) is 2.61. The molecule has 2 amide bonds. The van der Waals surface area contributed by atoms with Crippen molar-refractivity contribution >= 4 is 21.7 Å². The highest BCUT2D eigenvalue weighted by molar-refractivity contribution is 7.90. The molecule has 2 rings (SSSR count). The van der Waals surface area contributed by atoms with Crippen LogP contribution in [0.4, 0.5) is 0 Å². The number of hydrogen-bond acceptors (Lipinski definition) is 4. The summed E-state index contributed by atoms with van der Waals surface area (Å²) in [7, 11) is -3.25. The number of amides is 2. The van der Waals surface area contributed by atoms with E-state index in [1.54, 1.807) is 43.3 Å². The van der Waals surface area contributed by atoms with Gasteiger partial charge in [0, 0.05) is 24.3 Å². The predicted molar refractivity (Wildman–Crippen MR) is 104 cm³/mol. The van der Waals surface area contributed by atoms with Gasteiger partial charge in [-0.1, -0.05) is 30.3 Å². The Balaban J connectivity index is 1.88.